The first-order chi connectivity index (χ1) is 13.8. The lowest BCUT2D eigenvalue weighted by Gasteiger charge is -2.35. The minimum absolute atomic E-state index is 0.0401. The monoisotopic (exact) mass is 430 g/mol. The Kier molecular flexibility index (Phi) is 24.3. The van der Waals surface area contributed by atoms with Gasteiger partial charge in [-0.15, -0.1) is 0 Å². The minimum Gasteiger partial charge on any atom is -0.315 e. The number of hydrogen-bond acceptors (Lipinski definition) is 5. The average Bonchev–Trinajstić information content (AvgIpc) is 2.74. The maximum Gasteiger partial charge on any atom is 0.103 e. The average molecular weight is 431 g/mol. The second-order valence-corrected chi connectivity index (χ2v) is 8.45. The largest absolute Gasteiger partial charge is 0.315 e. The molecule has 0 aromatic rings. The standard InChI is InChI=1S/C18H38N6S.2C2H6/c1-6-18(4,24(15-19)21-5)12-8-10-14-25-13-9-7-11-17(2,3)22-16-23-20;2*1-2/h15-16,19H,5-14,20H2,1-4H3,(H,22,23);2*1-2H3. The molecular formula is C22H50N6S. The van der Waals surface area contributed by atoms with Crippen molar-refractivity contribution in [3.8, 4) is 0 Å². The topological polar surface area (TPSA) is 89.9 Å². The molecule has 1 atom stereocenters. The van der Waals surface area contributed by atoms with Gasteiger partial charge in [-0.05, 0) is 64.4 Å². The number of rotatable bonds is 16. The predicted octanol–water partition coefficient (Wildman–Crippen LogP) is 6.08. The van der Waals surface area contributed by atoms with E-state index >= 15 is 0 Å². The molecule has 0 rings (SSSR count). The van der Waals surface area contributed by atoms with Gasteiger partial charge in [0.05, 0.1) is 17.4 Å². The SMILES string of the molecule is C=NN(C=N)C(C)(CC)CCCCSCCCCC(C)(C)N=CNN.CC.CC. The van der Waals surface area contributed by atoms with Crippen LogP contribution < -0.4 is 11.3 Å². The van der Waals surface area contributed by atoms with E-state index in [1.54, 1.807) is 11.3 Å². The summed E-state index contributed by atoms with van der Waals surface area (Å²) in [6.45, 7) is 20.1. The van der Waals surface area contributed by atoms with Crippen molar-refractivity contribution >= 4 is 31.2 Å². The van der Waals surface area contributed by atoms with Crippen LogP contribution in [0.3, 0.4) is 0 Å². The van der Waals surface area contributed by atoms with Gasteiger partial charge in [0.1, 0.15) is 6.34 Å². The van der Waals surface area contributed by atoms with Crippen LogP contribution in [0.4, 0.5) is 0 Å². The summed E-state index contributed by atoms with van der Waals surface area (Å²) in [5.74, 6) is 7.62. The van der Waals surface area contributed by atoms with Gasteiger partial charge in [-0.3, -0.25) is 10.4 Å². The van der Waals surface area contributed by atoms with Gasteiger partial charge in [0.25, 0.3) is 0 Å². The molecule has 6 nitrogen and oxygen atoms in total. The maximum absolute atomic E-state index is 7.46. The van der Waals surface area contributed by atoms with Crippen LogP contribution >= 0.6 is 11.8 Å². The van der Waals surface area contributed by atoms with Crippen LogP contribution in [0.5, 0.6) is 0 Å². The molecule has 0 spiro atoms. The maximum atomic E-state index is 7.46. The van der Waals surface area contributed by atoms with Crippen molar-refractivity contribution in [2.45, 2.75) is 111 Å². The van der Waals surface area contributed by atoms with Crippen LogP contribution in [0.25, 0.3) is 0 Å². The van der Waals surface area contributed by atoms with Crippen molar-refractivity contribution in [1.29, 1.82) is 5.41 Å². The molecule has 4 N–H and O–H groups in total. The molecule has 0 saturated heterocycles. The quantitative estimate of drug-likeness (QED) is 0.0910. The van der Waals surface area contributed by atoms with Crippen LogP contribution in [-0.4, -0.2) is 47.0 Å². The molecule has 0 amide bonds. The van der Waals surface area contributed by atoms with Gasteiger partial charge in [-0.1, -0.05) is 47.5 Å². The Labute approximate surface area is 186 Å². The summed E-state index contributed by atoms with van der Waals surface area (Å²) in [6.07, 6.45) is 10.7. The summed E-state index contributed by atoms with van der Waals surface area (Å²) >= 11 is 2.03. The Bertz CT molecular complexity index is 393. The summed E-state index contributed by atoms with van der Waals surface area (Å²) in [4.78, 5) is 4.39. The Balaban J connectivity index is -0.00000158. The first-order valence-electron chi connectivity index (χ1n) is 11.2. The molecule has 174 valence electrons. The molecule has 0 aromatic heterocycles. The highest BCUT2D eigenvalue weighted by Crippen LogP contribution is 2.25. The Morgan fingerprint density at radius 3 is 1.97 bits per heavy atom. The number of nitrogens with two attached hydrogens (primary N) is 1. The lowest BCUT2D eigenvalue weighted by Crippen LogP contribution is -2.41. The van der Waals surface area contributed by atoms with Gasteiger partial charge in [-0.2, -0.15) is 16.9 Å². The summed E-state index contributed by atoms with van der Waals surface area (Å²) in [5.41, 5.74) is 2.34. The number of aliphatic imine (C=N–C) groups is 1. The predicted molar refractivity (Wildman–Crippen MR) is 136 cm³/mol. The number of nitrogens with one attached hydrogen (secondary N) is 2. The first kappa shape index (κ1) is 32.6. The smallest absolute Gasteiger partial charge is 0.103 e. The molecule has 1 unspecified atom stereocenters. The van der Waals surface area contributed by atoms with E-state index < -0.39 is 0 Å². The Morgan fingerprint density at radius 2 is 1.55 bits per heavy atom. The van der Waals surface area contributed by atoms with E-state index in [-0.39, 0.29) is 11.1 Å². The van der Waals surface area contributed by atoms with Crippen LogP contribution in [-0.2, 0) is 0 Å². The summed E-state index contributed by atoms with van der Waals surface area (Å²) in [7, 11) is 0. The van der Waals surface area contributed by atoms with Gasteiger partial charge in [0, 0.05) is 6.72 Å². The van der Waals surface area contributed by atoms with Crippen molar-refractivity contribution in [2.75, 3.05) is 11.5 Å². The highest BCUT2D eigenvalue weighted by Gasteiger charge is 2.27. The fraction of sp³-hybridized carbons (Fsp3) is 0.864. The minimum atomic E-state index is -0.0847. The first-order valence-corrected chi connectivity index (χ1v) is 12.3. The fourth-order valence-corrected chi connectivity index (χ4v) is 3.69. The van der Waals surface area contributed by atoms with Crippen molar-refractivity contribution < 1.29 is 0 Å². The zero-order valence-electron chi connectivity index (χ0n) is 20.6. The van der Waals surface area contributed by atoms with Crippen LogP contribution in [0.1, 0.15) is 100 Å². The molecule has 0 heterocycles. The molecule has 0 bridgehead atoms. The molecule has 0 aliphatic rings. The molecule has 0 radical (unpaired) electrons. The normalized spacial score (nSPS) is 12.7. The van der Waals surface area contributed by atoms with Gasteiger partial charge < -0.3 is 5.43 Å². The second kappa shape index (κ2) is 21.6. The van der Waals surface area contributed by atoms with E-state index in [1.807, 2.05) is 39.5 Å². The molecule has 0 aromatic carbocycles. The Morgan fingerprint density at radius 1 is 1.03 bits per heavy atom. The molecule has 29 heavy (non-hydrogen) atoms. The number of unbranched alkanes of at least 4 members (excludes halogenated alkanes) is 2. The lowest BCUT2D eigenvalue weighted by molar-refractivity contribution is 0.180. The molecular weight excluding hydrogens is 380 g/mol. The molecule has 7 heteroatoms. The third kappa shape index (κ3) is 17.5. The molecule has 0 aliphatic carbocycles. The second-order valence-electron chi connectivity index (χ2n) is 7.23. The van der Waals surface area contributed by atoms with E-state index in [1.165, 1.54) is 37.1 Å². The van der Waals surface area contributed by atoms with E-state index in [9.17, 15) is 0 Å². The van der Waals surface area contributed by atoms with E-state index in [4.69, 9.17) is 11.3 Å². The van der Waals surface area contributed by atoms with Crippen LogP contribution in [0.2, 0.25) is 0 Å². The fourth-order valence-electron chi connectivity index (χ4n) is 2.67. The summed E-state index contributed by atoms with van der Waals surface area (Å²) < 4.78 is 0. The van der Waals surface area contributed by atoms with Crippen molar-refractivity contribution in [2.24, 2.45) is 15.9 Å². The van der Waals surface area contributed by atoms with Gasteiger partial charge in [0.15, 0.2) is 0 Å². The number of thioether (sulfide) groups is 1. The number of nitrogens with zero attached hydrogens (tertiary/aromatic N) is 3. The third-order valence-corrected chi connectivity index (χ3v) is 5.81. The van der Waals surface area contributed by atoms with Crippen LogP contribution in [0, 0.1) is 5.41 Å². The van der Waals surface area contributed by atoms with Crippen molar-refractivity contribution in [3.63, 3.8) is 0 Å². The Hall–Kier alpha value is -1.08. The number of hydrogen-bond donors (Lipinski definition) is 3. The van der Waals surface area contributed by atoms with Crippen LogP contribution in [0.15, 0.2) is 10.1 Å². The highest BCUT2D eigenvalue weighted by atomic mass is 32.2. The summed E-state index contributed by atoms with van der Waals surface area (Å²) in [6, 6.07) is 0. The van der Waals surface area contributed by atoms with Crippen molar-refractivity contribution in [1.82, 2.24) is 10.4 Å². The molecule has 0 saturated carbocycles. The molecule has 0 fully saturated rings. The molecule has 0 aliphatic heterocycles. The number of hydrazine groups is 1. The lowest BCUT2D eigenvalue weighted by atomic mass is 9.91. The van der Waals surface area contributed by atoms with Gasteiger partial charge >= 0.3 is 0 Å². The third-order valence-electron chi connectivity index (χ3n) is 4.66. The van der Waals surface area contributed by atoms with Gasteiger partial charge in [0.2, 0.25) is 0 Å². The zero-order valence-corrected chi connectivity index (χ0v) is 21.4. The van der Waals surface area contributed by atoms with Gasteiger partial charge in [-0.25, -0.2) is 10.9 Å². The number of hydrazone groups is 1. The van der Waals surface area contributed by atoms with E-state index in [0.717, 1.165) is 25.7 Å². The highest BCUT2D eigenvalue weighted by molar-refractivity contribution is 7.99. The summed E-state index contributed by atoms with van der Waals surface area (Å²) in [5, 5.41) is 13.1. The van der Waals surface area contributed by atoms with E-state index in [2.05, 4.69) is 49.9 Å². The van der Waals surface area contributed by atoms with E-state index in [0.29, 0.717) is 0 Å². The van der Waals surface area contributed by atoms with Crippen molar-refractivity contribution in [3.05, 3.63) is 0 Å². The zero-order chi connectivity index (χ0) is 23.2.